The normalized spacial score (nSPS) is 30.0. The van der Waals surface area contributed by atoms with Gasteiger partial charge in [-0.15, -0.1) is 0 Å². The number of piperidine rings is 1. The minimum absolute atomic E-state index is 0.0153. The zero-order chi connectivity index (χ0) is 28.2. The van der Waals surface area contributed by atoms with Crippen molar-refractivity contribution in [3.05, 3.63) is 28.2 Å². The highest BCUT2D eigenvalue weighted by molar-refractivity contribution is 9.10. The Balaban J connectivity index is 1.16. The van der Waals surface area contributed by atoms with E-state index in [1.807, 2.05) is 11.0 Å². The van der Waals surface area contributed by atoms with Gasteiger partial charge in [0.05, 0.1) is 18.6 Å². The summed E-state index contributed by atoms with van der Waals surface area (Å²) in [5, 5.41) is 0. The number of likely N-dealkylation sites (tertiary alicyclic amines) is 1. The van der Waals surface area contributed by atoms with Crippen molar-refractivity contribution in [2.24, 2.45) is 11.8 Å². The van der Waals surface area contributed by atoms with Crippen LogP contribution >= 0.6 is 15.9 Å². The number of anilines is 1. The molecule has 6 rings (SSSR count). The first kappa shape index (κ1) is 27.9. The summed E-state index contributed by atoms with van der Waals surface area (Å²) in [6.45, 7) is 0.630. The Morgan fingerprint density at radius 3 is 2.65 bits per heavy atom. The lowest BCUT2D eigenvalue weighted by Gasteiger charge is -2.41. The SMILES string of the molecule is O=C(CN1C(=O)C2(CCN(C(=O)C3CCC4NNCC4C3)CC2)c2c(Br)cccc21)N1CCOC(C(F)(F)F)C1. The third-order valence-electron chi connectivity index (χ3n) is 9.41. The molecule has 3 amide bonds. The van der Waals surface area contributed by atoms with Crippen LogP contribution in [0.3, 0.4) is 0 Å². The highest BCUT2D eigenvalue weighted by Gasteiger charge is 2.54. The summed E-state index contributed by atoms with van der Waals surface area (Å²) in [6, 6.07) is 5.83. The summed E-state index contributed by atoms with van der Waals surface area (Å²) < 4.78 is 45.2. The topological polar surface area (TPSA) is 94.2 Å². The summed E-state index contributed by atoms with van der Waals surface area (Å²) in [4.78, 5) is 45.1. The lowest BCUT2D eigenvalue weighted by Crippen LogP contribution is -2.55. The molecule has 40 heavy (non-hydrogen) atoms. The van der Waals surface area contributed by atoms with Crippen LogP contribution < -0.4 is 15.8 Å². The van der Waals surface area contributed by atoms with Crippen LogP contribution in [0.25, 0.3) is 0 Å². The number of hydrazine groups is 1. The van der Waals surface area contributed by atoms with E-state index in [1.165, 1.54) is 4.90 Å². The Kier molecular flexibility index (Phi) is 7.37. The van der Waals surface area contributed by atoms with Crippen LogP contribution in [0.5, 0.6) is 0 Å². The number of alkyl halides is 3. The molecular weight excluding hydrogens is 595 g/mol. The molecule has 13 heteroatoms. The highest BCUT2D eigenvalue weighted by Crippen LogP contribution is 2.51. The van der Waals surface area contributed by atoms with E-state index >= 15 is 0 Å². The molecule has 3 saturated heterocycles. The maximum absolute atomic E-state index is 14.0. The molecule has 0 radical (unpaired) electrons. The number of hydrogen-bond donors (Lipinski definition) is 2. The Labute approximate surface area is 238 Å². The molecule has 2 N–H and O–H groups in total. The van der Waals surface area contributed by atoms with Gasteiger partial charge in [0.15, 0.2) is 6.10 Å². The largest absolute Gasteiger partial charge is 0.416 e. The van der Waals surface area contributed by atoms with Gasteiger partial charge in [-0.1, -0.05) is 22.0 Å². The summed E-state index contributed by atoms with van der Waals surface area (Å²) in [5.41, 5.74) is 6.97. The van der Waals surface area contributed by atoms with Crippen LogP contribution in [0.2, 0.25) is 0 Å². The average molecular weight is 628 g/mol. The first-order valence-corrected chi connectivity index (χ1v) is 14.7. The zero-order valence-corrected chi connectivity index (χ0v) is 23.6. The van der Waals surface area contributed by atoms with E-state index in [0.717, 1.165) is 40.7 Å². The average Bonchev–Trinajstić information content (AvgIpc) is 3.50. The van der Waals surface area contributed by atoms with Crippen molar-refractivity contribution < 1.29 is 32.3 Å². The number of amides is 3. The predicted octanol–water partition coefficient (Wildman–Crippen LogP) is 2.34. The molecule has 0 bridgehead atoms. The number of halogens is 4. The van der Waals surface area contributed by atoms with Gasteiger partial charge in [0.2, 0.25) is 17.7 Å². The number of carbonyl (C=O) groups is 3. The number of nitrogens with zero attached hydrogens (tertiary/aromatic N) is 3. The third-order valence-corrected chi connectivity index (χ3v) is 10.1. The quantitative estimate of drug-likeness (QED) is 0.534. The van der Waals surface area contributed by atoms with Crippen molar-refractivity contribution in [3.63, 3.8) is 0 Å². The molecule has 4 aliphatic heterocycles. The molecule has 4 fully saturated rings. The minimum atomic E-state index is -4.57. The van der Waals surface area contributed by atoms with Crippen molar-refractivity contribution in [2.45, 2.75) is 55.8 Å². The number of fused-ring (bicyclic) bond motifs is 3. The summed E-state index contributed by atoms with van der Waals surface area (Å²) in [6.07, 6.45) is -3.10. The fraction of sp³-hybridized carbons (Fsp3) is 0.667. The molecule has 1 spiro atoms. The van der Waals surface area contributed by atoms with E-state index in [4.69, 9.17) is 4.74 Å². The molecule has 1 saturated carbocycles. The number of benzene rings is 1. The zero-order valence-electron chi connectivity index (χ0n) is 22.0. The second-order valence-corrected chi connectivity index (χ2v) is 12.4. The van der Waals surface area contributed by atoms with Crippen LogP contribution in [-0.2, 0) is 24.5 Å². The van der Waals surface area contributed by atoms with Crippen LogP contribution in [-0.4, -0.2) is 91.7 Å². The summed E-state index contributed by atoms with van der Waals surface area (Å²) in [5.74, 6) is -0.204. The molecular formula is C27H33BrF3N5O4. The smallest absolute Gasteiger partial charge is 0.365 e. The van der Waals surface area contributed by atoms with E-state index in [9.17, 15) is 27.6 Å². The maximum Gasteiger partial charge on any atom is 0.416 e. The molecule has 9 nitrogen and oxygen atoms in total. The number of hydrogen-bond acceptors (Lipinski definition) is 6. The van der Waals surface area contributed by atoms with E-state index in [2.05, 4.69) is 26.8 Å². The lowest BCUT2D eigenvalue weighted by molar-refractivity contribution is -0.236. The fourth-order valence-corrected chi connectivity index (χ4v) is 7.94. The van der Waals surface area contributed by atoms with Crippen LogP contribution in [0.1, 0.15) is 37.7 Å². The standard InChI is InChI=1S/C27H33BrF3N5O4/c28-18-2-1-3-20-23(18)26(25(39)36(20)15-22(37)35-10-11-40-21(14-35)27(29,30)31)6-8-34(9-7-26)24(38)16-4-5-19-17(12-16)13-32-33-19/h1-3,16-17,19,21,32-33H,4-15H2. The summed E-state index contributed by atoms with van der Waals surface area (Å²) >= 11 is 3.61. The maximum atomic E-state index is 14.0. The van der Waals surface area contributed by atoms with Gasteiger partial charge in [0.25, 0.3) is 0 Å². The molecule has 0 aromatic heterocycles. The molecule has 4 unspecified atom stereocenters. The Morgan fingerprint density at radius 1 is 1.12 bits per heavy atom. The molecule has 1 aromatic rings. The number of carbonyl (C=O) groups excluding carboxylic acids is 3. The lowest BCUT2D eigenvalue weighted by atomic mass is 9.73. The van der Waals surface area contributed by atoms with Crippen LogP contribution in [0.15, 0.2) is 22.7 Å². The Morgan fingerprint density at radius 2 is 1.90 bits per heavy atom. The highest BCUT2D eigenvalue weighted by atomic mass is 79.9. The number of rotatable bonds is 3. The van der Waals surface area contributed by atoms with Gasteiger partial charge >= 0.3 is 6.18 Å². The fourth-order valence-electron chi connectivity index (χ4n) is 7.21. The molecule has 4 heterocycles. The van der Waals surface area contributed by atoms with Gasteiger partial charge in [-0.3, -0.25) is 25.2 Å². The second kappa shape index (κ2) is 10.6. The van der Waals surface area contributed by atoms with Crippen molar-refractivity contribution in [3.8, 4) is 0 Å². The molecule has 1 aliphatic carbocycles. The molecule has 5 aliphatic rings. The number of nitrogens with one attached hydrogen (secondary N) is 2. The van der Waals surface area contributed by atoms with Gasteiger partial charge in [-0.05, 0) is 50.2 Å². The first-order valence-electron chi connectivity index (χ1n) is 13.9. The van der Waals surface area contributed by atoms with Gasteiger partial charge in [0, 0.05) is 53.9 Å². The Hall–Kier alpha value is -2.22. The molecule has 1 aromatic carbocycles. The van der Waals surface area contributed by atoms with Crippen molar-refractivity contribution in [1.82, 2.24) is 20.7 Å². The first-order chi connectivity index (χ1) is 19.1. The van der Waals surface area contributed by atoms with E-state index in [1.54, 1.807) is 12.1 Å². The molecule has 218 valence electrons. The Bertz CT molecular complexity index is 1190. The minimum Gasteiger partial charge on any atom is -0.365 e. The van der Waals surface area contributed by atoms with Crippen LogP contribution in [0, 0.1) is 11.8 Å². The van der Waals surface area contributed by atoms with Crippen molar-refractivity contribution in [2.75, 3.05) is 50.8 Å². The van der Waals surface area contributed by atoms with E-state index in [-0.39, 0.29) is 37.4 Å². The van der Waals surface area contributed by atoms with E-state index in [0.29, 0.717) is 43.6 Å². The van der Waals surface area contributed by atoms with Crippen molar-refractivity contribution in [1.29, 1.82) is 0 Å². The molecule has 4 atom stereocenters. The van der Waals surface area contributed by atoms with Gasteiger partial charge in [-0.2, -0.15) is 13.2 Å². The van der Waals surface area contributed by atoms with Crippen molar-refractivity contribution >= 4 is 39.3 Å². The second-order valence-electron chi connectivity index (χ2n) is 11.6. The van der Waals surface area contributed by atoms with Gasteiger partial charge in [-0.25, -0.2) is 0 Å². The van der Waals surface area contributed by atoms with Crippen LogP contribution in [0.4, 0.5) is 18.9 Å². The van der Waals surface area contributed by atoms with Gasteiger partial charge in [0.1, 0.15) is 6.54 Å². The summed E-state index contributed by atoms with van der Waals surface area (Å²) in [7, 11) is 0. The number of ether oxygens (including phenoxy) is 1. The van der Waals surface area contributed by atoms with Gasteiger partial charge < -0.3 is 19.4 Å². The van der Waals surface area contributed by atoms with E-state index < -0.39 is 30.1 Å². The number of morpholine rings is 1. The third kappa shape index (κ3) is 4.82. The predicted molar refractivity (Wildman–Crippen MR) is 142 cm³/mol. The monoisotopic (exact) mass is 627 g/mol.